The lowest BCUT2D eigenvalue weighted by Crippen LogP contribution is -1.97. The maximum Gasteiger partial charge on any atom is 0.129 e. The second-order valence-electron chi connectivity index (χ2n) is 4.05. The Morgan fingerprint density at radius 1 is 1.18 bits per heavy atom. The van der Waals surface area contributed by atoms with Crippen LogP contribution in [0.15, 0.2) is 36.5 Å². The number of ether oxygens (including phenoxy) is 1. The van der Waals surface area contributed by atoms with Gasteiger partial charge in [-0.05, 0) is 37.1 Å². The van der Waals surface area contributed by atoms with E-state index in [0.717, 1.165) is 16.9 Å². The number of nitrogens with zero attached hydrogens (tertiary/aromatic N) is 1. The molecule has 3 heteroatoms. The Morgan fingerprint density at radius 2 is 2.00 bits per heavy atom. The Morgan fingerprint density at radius 3 is 2.71 bits per heavy atom. The average Bonchev–Trinajstić information content (AvgIpc) is 2.32. The van der Waals surface area contributed by atoms with Crippen LogP contribution in [-0.4, -0.2) is 4.98 Å². The highest BCUT2D eigenvalue weighted by Crippen LogP contribution is 2.20. The van der Waals surface area contributed by atoms with Crippen LogP contribution in [0.3, 0.4) is 0 Å². The van der Waals surface area contributed by atoms with Crippen LogP contribution in [0.5, 0.6) is 5.75 Å². The number of rotatable bonds is 3. The molecule has 0 atom stereocenters. The number of pyridine rings is 1. The Kier molecular flexibility index (Phi) is 3.64. The van der Waals surface area contributed by atoms with E-state index in [-0.39, 0.29) is 0 Å². The van der Waals surface area contributed by atoms with E-state index >= 15 is 0 Å². The molecule has 0 N–H and O–H groups in total. The van der Waals surface area contributed by atoms with Crippen molar-refractivity contribution in [2.45, 2.75) is 20.5 Å². The molecule has 88 valence electrons. The first-order valence-corrected chi connectivity index (χ1v) is 5.83. The third-order valence-corrected chi connectivity index (χ3v) is 2.75. The zero-order chi connectivity index (χ0) is 12.3. The highest BCUT2D eigenvalue weighted by atomic mass is 35.5. The maximum absolute atomic E-state index is 5.76. The van der Waals surface area contributed by atoms with E-state index in [1.54, 1.807) is 12.3 Å². The molecular formula is C14H14ClNO. The number of hydrogen-bond donors (Lipinski definition) is 0. The van der Waals surface area contributed by atoms with E-state index in [9.17, 15) is 0 Å². The number of aromatic nitrogens is 1. The second-order valence-corrected chi connectivity index (χ2v) is 4.43. The van der Waals surface area contributed by atoms with Gasteiger partial charge in [0.2, 0.25) is 0 Å². The topological polar surface area (TPSA) is 22.1 Å². The van der Waals surface area contributed by atoms with E-state index < -0.39 is 0 Å². The summed E-state index contributed by atoms with van der Waals surface area (Å²) in [4.78, 5) is 4.02. The minimum absolute atomic E-state index is 0.500. The summed E-state index contributed by atoms with van der Waals surface area (Å²) in [7, 11) is 0. The van der Waals surface area contributed by atoms with Crippen molar-refractivity contribution in [3.8, 4) is 5.75 Å². The van der Waals surface area contributed by atoms with Crippen molar-refractivity contribution < 1.29 is 4.74 Å². The second kappa shape index (κ2) is 5.19. The quantitative estimate of drug-likeness (QED) is 0.767. The summed E-state index contributed by atoms with van der Waals surface area (Å²) >= 11 is 5.72. The highest BCUT2D eigenvalue weighted by Gasteiger charge is 2.01. The van der Waals surface area contributed by atoms with Crippen LogP contribution in [0.1, 0.15) is 16.7 Å². The third-order valence-electron chi connectivity index (χ3n) is 2.53. The molecule has 0 saturated heterocycles. The van der Waals surface area contributed by atoms with Gasteiger partial charge in [-0.3, -0.25) is 0 Å². The smallest absolute Gasteiger partial charge is 0.129 e. The Bertz CT molecular complexity index is 508. The van der Waals surface area contributed by atoms with Crippen molar-refractivity contribution >= 4 is 11.6 Å². The van der Waals surface area contributed by atoms with Gasteiger partial charge in [0.15, 0.2) is 0 Å². The van der Waals surface area contributed by atoms with Gasteiger partial charge in [-0.15, -0.1) is 0 Å². The summed E-state index contributed by atoms with van der Waals surface area (Å²) < 4.78 is 5.76. The molecule has 0 aliphatic heterocycles. The number of hydrogen-bond acceptors (Lipinski definition) is 2. The van der Waals surface area contributed by atoms with E-state index in [0.29, 0.717) is 11.8 Å². The summed E-state index contributed by atoms with van der Waals surface area (Å²) in [6.07, 6.45) is 1.73. The van der Waals surface area contributed by atoms with Gasteiger partial charge in [0.1, 0.15) is 17.5 Å². The first kappa shape index (κ1) is 11.9. The minimum atomic E-state index is 0.500. The third kappa shape index (κ3) is 3.21. The molecule has 0 aliphatic rings. The molecule has 1 aromatic carbocycles. The molecule has 2 nitrogen and oxygen atoms in total. The van der Waals surface area contributed by atoms with Gasteiger partial charge in [0.05, 0.1) is 0 Å². The van der Waals surface area contributed by atoms with E-state index in [1.807, 2.05) is 19.1 Å². The summed E-state index contributed by atoms with van der Waals surface area (Å²) in [5.41, 5.74) is 3.34. The molecule has 0 radical (unpaired) electrons. The predicted octanol–water partition coefficient (Wildman–Crippen LogP) is 3.93. The molecular weight excluding hydrogens is 234 g/mol. The van der Waals surface area contributed by atoms with Gasteiger partial charge >= 0.3 is 0 Å². The van der Waals surface area contributed by atoms with E-state index in [1.165, 1.54) is 5.56 Å². The van der Waals surface area contributed by atoms with Gasteiger partial charge in [0.25, 0.3) is 0 Å². The molecule has 0 fully saturated rings. The summed E-state index contributed by atoms with van der Waals surface area (Å²) in [5.74, 6) is 0.917. The summed E-state index contributed by atoms with van der Waals surface area (Å²) in [5, 5.41) is 0.500. The Hall–Kier alpha value is -1.54. The van der Waals surface area contributed by atoms with Crippen molar-refractivity contribution in [1.82, 2.24) is 4.98 Å². The number of aryl methyl sites for hydroxylation is 2. The highest BCUT2D eigenvalue weighted by molar-refractivity contribution is 6.29. The summed E-state index contributed by atoms with van der Waals surface area (Å²) in [6, 6.07) is 9.86. The van der Waals surface area contributed by atoms with Crippen LogP contribution in [0.4, 0.5) is 0 Å². The van der Waals surface area contributed by atoms with Gasteiger partial charge in [-0.1, -0.05) is 29.8 Å². The number of benzene rings is 1. The van der Waals surface area contributed by atoms with Crippen LogP contribution in [0.2, 0.25) is 5.15 Å². The maximum atomic E-state index is 5.76. The van der Waals surface area contributed by atoms with E-state index in [2.05, 4.69) is 24.0 Å². The standard InChI is InChI=1S/C14H14ClNO/c1-10-3-4-11(2)13(7-10)17-9-12-5-6-14(15)16-8-12/h3-8H,9H2,1-2H3. The SMILES string of the molecule is Cc1ccc(C)c(OCc2ccc(Cl)nc2)c1. The fraction of sp³-hybridized carbons (Fsp3) is 0.214. The normalized spacial score (nSPS) is 10.3. The monoisotopic (exact) mass is 247 g/mol. The van der Waals surface area contributed by atoms with Crippen molar-refractivity contribution in [1.29, 1.82) is 0 Å². The molecule has 2 rings (SSSR count). The average molecular weight is 248 g/mol. The molecule has 0 aliphatic carbocycles. The van der Waals surface area contributed by atoms with Gasteiger partial charge in [-0.2, -0.15) is 0 Å². The van der Waals surface area contributed by atoms with Crippen LogP contribution in [0.25, 0.3) is 0 Å². The summed E-state index contributed by atoms with van der Waals surface area (Å²) in [6.45, 7) is 4.60. The molecule has 0 bridgehead atoms. The Labute approximate surface area is 106 Å². The van der Waals surface area contributed by atoms with Crippen LogP contribution >= 0.6 is 11.6 Å². The van der Waals surface area contributed by atoms with Gasteiger partial charge < -0.3 is 4.74 Å². The lowest BCUT2D eigenvalue weighted by molar-refractivity contribution is 0.303. The molecule has 0 spiro atoms. The first-order chi connectivity index (χ1) is 8.15. The number of halogens is 1. The lowest BCUT2D eigenvalue weighted by Gasteiger charge is -2.09. The minimum Gasteiger partial charge on any atom is -0.489 e. The molecule has 0 saturated carbocycles. The van der Waals surface area contributed by atoms with Crippen molar-refractivity contribution in [2.24, 2.45) is 0 Å². The molecule has 1 aromatic heterocycles. The fourth-order valence-corrected chi connectivity index (χ4v) is 1.63. The first-order valence-electron chi connectivity index (χ1n) is 5.45. The molecule has 17 heavy (non-hydrogen) atoms. The van der Waals surface area contributed by atoms with Crippen molar-refractivity contribution in [2.75, 3.05) is 0 Å². The van der Waals surface area contributed by atoms with Crippen molar-refractivity contribution in [3.05, 3.63) is 58.4 Å². The van der Waals surface area contributed by atoms with Crippen molar-refractivity contribution in [3.63, 3.8) is 0 Å². The van der Waals surface area contributed by atoms with E-state index in [4.69, 9.17) is 16.3 Å². The zero-order valence-corrected chi connectivity index (χ0v) is 10.7. The van der Waals surface area contributed by atoms with Crippen LogP contribution in [-0.2, 0) is 6.61 Å². The van der Waals surface area contributed by atoms with Crippen LogP contribution in [0, 0.1) is 13.8 Å². The predicted molar refractivity (Wildman–Crippen MR) is 69.5 cm³/mol. The fourth-order valence-electron chi connectivity index (χ4n) is 1.52. The molecule has 0 amide bonds. The Balaban J connectivity index is 2.07. The zero-order valence-electron chi connectivity index (χ0n) is 9.90. The lowest BCUT2D eigenvalue weighted by atomic mass is 10.1. The van der Waals surface area contributed by atoms with Gasteiger partial charge in [-0.25, -0.2) is 4.98 Å². The molecule has 2 aromatic rings. The molecule has 1 heterocycles. The molecule has 0 unspecified atom stereocenters. The van der Waals surface area contributed by atoms with Crippen LogP contribution < -0.4 is 4.74 Å². The van der Waals surface area contributed by atoms with Gasteiger partial charge in [0, 0.05) is 11.8 Å². The largest absolute Gasteiger partial charge is 0.489 e.